The SMILES string of the molecule is COC(=O)/C=C/C(=O)OC1COC(C)(C)O1. The quantitative estimate of drug-likeness (QED) is 0.515. The summed E-state index contributed by atoms with van der Waals surface area (Å²) < 4.78 is 19.6. The van der Waals surface area contributed by atoms with E-state index in [1.807, 2.05) is 0 Å². The van der Waals surface area contributed by atoms with Crippen molar-refractivity contribution in [2.24, 2.45) is 0 Å². The number of hydrogen-bond donors (Lipinski definition) is 0. The van der Waals surface area contributed by atoms with E-state index >= 15 is 0 Å². The molecular weight excluding hydrogens is 216 g/mol. The van der Waals surface area contributed by atoms with Crippen molar-refractivity contribution in [3.63, 3.8) is 0 Å². The van der Waals surface area contributed by atoms with Crippen LogP contribution in [0.2, 0.25) is 0 Å². The van der Waals surface area contributed by atoms with Gasteiger partial charge in [-0.2, -0.15) is 0 Å². The van der Waals surface area contributed by atoms with Crippen LogP contribution in [-0.4, -0.2) is 37.7 Å². The molecule has 0 spiro atoms. The summed E-state index contributed by atoms with van der Waals surface area (Å²) in [6, 6.07) is 0. The monoisotopic (exact) mass is 230 g/mol. The number of methoxy groups -OCH3 is 1. The molecule has 1 aliphatic rings. The molecule has 0 bridgehead atoms. The summed E-state index contributed by atoms with van der Waals surface area (Å²) in [6.07, 6.45) is 1.20. The molecule has 1 aliphatic heterocycles. The van der Waals surface area contributed by atoms with E-state index in [2.05, 4.69) is 4.74 Å². The highest BCUT2D eigenvalue weighted by Crippen LogP contribution is 2.22. The highest BCUT2D eigenvalue weighted by atomic mass is 16.8. The Bertz CT molecular complexity index is 306. The number of carbonyl (C=O) groups excluding carboxylic acids is 2. The van der Waals surface area contributed by atoms with Crippen molar-refractivity contribution in [2.45, 2.75) is 25.9 Å². The molecule has 6 nitrogen and oxygen atoms in total. The smallest absolute Gasteiger partial charge is 0.333 e. The van der Waals surface area contributed by atoms with Crippen LogP contribution in [0.3, 0.4) is 0 Å². The summed E-state index contributed by atoms with van der Waals surface area (Å²) >= 11 is 0. The van der Waals surface area contributed by atoms with Gasteiger partial charge in [0, 0.05) is 12.2 Å². The average Bonchev–Trinajstić information content (AvgIpc) is 2.54. The standard InChI is InChI=1S/C10H14O6/c1-10(2)14-6-9(16-10)15-8(12)5-4-7(11)13-3/h4-5,9H,6H2,1-3H3/b5-4+. The van der Waals surface area contributed by atoms with Gasteiger partial charge in [0.25, 0.3) is 0 Å². The first-order valence-electron chi connectivity index (χ1n) is 4.71. The van der Waals surface area contributed by atoms with Crippen LogP contribution in [0.1, 0.15) is 13.8 Å². The maximum Gasteiger partial charge on any atom is 0.333 e. The van der Waals surface area contributed by atoms with Crippen molar-refractivity contribution >= 4 is 11.9 Å². The minimum atomic E-state index is -0.753. The first-order chi connectivity index (χ1) is 7.43. The molecule has 0 saturated carbocycles. The molecule has 0 N–H and O–H groups in total. The van der Waals surface area contributed by atoms with Crippen LogP contribution in [0.25, 0.3) is 0 Å². The van der Waals surface area contributed by atoms with E-state index in [1.54, 1.807) is 13.8 Å². The van der Waals surface area contributed by atoms with Gasteiger partial charge in [-0.3, -0.25) is 0 Å². The zero-order valence-corrected chi connectivity index (χ0v) is 9.39. The van der Waals surface area contributed by atoms with Gasteiger partial charge >= 0.3 is 11.9 Å². The summed E-state index contributed by atoms with van der Waals surface area (Å²) in [5.41, 5.74) is 0. The molecule has 0 radical (unpaired) electrons. The van der Waals surface area contributed by atoms with Gasteiger partial charge in [-0.15, -0.1) is 0 Å². The average molecular weight is 230 g/mol. The third-order valence-electron chi connectivity index (χ3n) is 1.79. The van der Waals surface area contributed by atoms with E-state index in [9.17, 15) is 9.59 Å². The summed E-state index contributed by atoms with van der Waals surface area (Å²) in [7, 11) is 1.22. The first kappa shape index (κ1) is 12.7. The summed E-state index contributed by atoms with van der Waals surface area (Å²) in [5, 5.41) is 0. The highest BCUT2D eigenvalue weighted by molar-refractivity contribution is 5.91. The Morgan fingerprint density at radius 1 is 1.31 bits per heavy atom. The zero-order valence-electron chi connectivity index (χ0n) is 9.39. The van der Waals surface area contributed by atoms with E-state index in [1.165, 1.54) is 7.11 Å². The maximum absolute atomic E-state index is 11.2. The topological polar surface area (TPSA) is 71.1 Å². The largest absolute Gasteiger partial charge is 0.466 e. The van der Waals surface area contributed by atoms with Gasteiger partial charge < -0.3 is 18.9 Å². The van der Waals surface area contributed by atoms with Crippen LogP contribution in [0.5, 0.6) is 0 Å². The molecule has 90 valence electrons. The first-order valence-corrected chi connectivity index (χ1v) is 4.71. The van der Waals surface area contributed by atoms with Crippen LogP contribution in [0.4, 0.5) is 0 Å². The Kier molecular flexibility index (Phi) is 4.03. The van der Waals surface area contributed by atoms with Crippen molar-refractivity contribution in [2.75, 3.05) is 13.7 Å². The van der Waals surface area contributed by atoms with Crippen molar-refractivity contribution in [1.29, 1.82) is 0 Å². The second kappa shape index (κ2) is 5.09. The third-order valence-corrected chi connectivity index (χ3v) is 1.79. The number of hydrogen-bond acceptors (Lipinski definition) is 6. The fourth-order valence-corrected chi connectivity index (χ4v) is 1.08. The molecular formula is C10H14O6. The van der Waals surface area contributed by atoms with E-state index in [0.29, 0.717) is 0 Å². The Morgan fingerprint density at radius 2 is 1.94 bits per heavy atom. The summed E-state index contributed by atoms with van der Waals surface area (Å²) in [6.45, 7) is 3.60. The van der Waals surface area contributed by atoms with Gasteiger partial charge in [0.05, 0.1) is 7.11 Å². The fourth-order valence-electron chi connectivity index (χ4n) is 1.08. The van der Waals surface area contributed by atoms with Gasteiger partial charge in [-0.25, -0.2) is 9.59 Å². The molecule has 1 fully saturated rings. The van der Waals surface area contributed by atoms with Gasteiger partial charge in [-0.1, -0.05) is 0 Å². The Labute approximate surface area is 93.1 Å². The molecule has 0 aromatic carbocycles. The van der Waals surface area contributed by atoms with Gasteiger partial charge in [0.15, 0.2) is 5.79 Å². The molecule has 1 rings (SSSR count). The fraction of sp³-hybridized carbons (Fsp3) is 0.600. The molecule has 6 heteroatoms. The molecule has 16 heavy (non-hydrogen) atoms. The Balaban J connectivity index is 2.36. The van der Waals surface area contributed by atoms with Crippen molar-refractivity contribution in [3.05, 3.63) is 12.2 Å². The maximum atomic E-state index is 11.2. The van der Waals surface area contributed by atoms with Gasteiger partial charge in [0.2, 0.25) is 6.29 Å². The van der Waals surface area contributed by atoms with Crippen LogP contribution in [-0.2, 0) is 28.5 Å². The van der Waals surface area contributed by atoms with Gasteiger partial charge in [-0.05, 0) is 13.8 Å². The van der Waals surface area contributed by atoms with Crippen LogP contribution in [0.15, 0.2) is 12.2 Å². The summed E-state index contributed by atoms with van der Waals surface area (Å²) in [5.74, 6) is -2.06. The lowest BCUT2D eigenvalue weighted by Gasteiger charge is -2.16. The Morgan fingerprint density at radius 3 is 2.44 bits per heavy atom. The van der Waals surface area contributed by atoms with Crippen LogP contribution < -0.4 is 0 Å². The number of esters is 2. The van der Waals surface area contributed by atoms with Crippen LogP contribution >= 0.6 is 0 Å². The highest BCUT2D eigenvalue weighted by Gasteiger charge is 2.34. The van der Waals surface area contributed by atoms with Crippen molar-refractivity contribution in [1.82, 2.24) is 0 Å². The third kappa shape index (κ3) is 4.00. The molecule has 0 amide bonds. The van der Waals surface area contributed by atoms with Gasteiger partial charge in [0.1, 0.15) is 6.61 Å². The number of carbonyl (C=O) groups is 2. The predicted molar refractivity (Wildman–Crippen MR) is 52.2 cm³/mol. The van der Waals surface area contributed by atoms with Crippen molar-refractivity contribution in [3.8, 4) is 0 Å². The van der Waals surface area contributed by atoms with E-state index in [-0.39, 0.29) is 6.61 Å². The van der Waals surface area contributed by atoms with Crippen LogP contribution in [0, 0.1) is 0 Å². The number of ether oxygens (including phenoxy) is 4. The van der Waals surface area contributed by atoms with E-state index < -0.39 is 24.0 Å². The minimum Gasteiger partial charge on any atom is -0.466 e. The molecule has 0 aromatic rings. The normalized spacial score (nSPS) is 23.3. The second-order valence-electron chi connectivity index (χ2n) is 3.55. The lowest BCUT2D eigenvalue weighted by molar-refractivity contribution is -0.194. The Hall–Kier alpha value is -1.40. The van der Waals surface area contributed by atoms with E-state index in [0.717, 1.165) is 12.2 Å². The lowest BCUT2D eigenvalue weighted by atomic mass is 10.4. The van der Waals surface area contributed by atoms with E-state index in [4.69, 9.17) is 14.2 Å². The lowest BCUT2D eigenvalue weighted by Crippen LogP contribution is -2.24. The molecule has 1 unspecified atom stereocenters. The minimum absolute atomic E-state index is 0.171. The molecule has 0 aliphatic carbocycles. The molecule has 1 atom stereocenters. The zero-order chi connectivity index (χ0) is 12.2. The second-order valence-corrected chi connectivity index (χ2v) is 3.55. The molecule has 1 saturated heterocycles. The predicted octanol–water partition coefficient (Wildman–Crippen LogP) is 0.368. The molecule has 1 heterocycles. The molecule has 0 aromatic heterocycles. The van der Waals surface area contributed by atoms with Crippen molar-refractivity contribution < 1.29 is 28.5 Å². The number of rotatable bonds is 3. The summed E-state index contributed by atoms with van der Waals surface area (Å²) in [4.78, 5) is 21.9.